The van der Waals surface area contributed by atoms with E-state index in [1.807, 2.05) is 7.11 Å². The Morgan fingerprint density at radius 2 is 2.00 bits per heavy atom. The van der Waals surface area contributed by atoms with Crippen LogP contribution in [0.25, 0.3) is 0 Å². The molecule has 2 fully saturated rings. The van der Waals surface area contributed by atoms with Gasteiger partial charge in [0, 0.05) is 26.3 Å². The van der Waals surface area contributed by atoms with E-state index in [9.17, 15) is 0 Å². The Labute approximate surface area is 99.5 Å². The molecule has 2 aliphatic heterocycles. The number of piperidine rings is 2. The second kappa shape index (κ2) is 5.99. The first-order chi connectivity index (χ1) is 7.81. The molecule has 3 nitrogen and oxygen atoms in total. The smallest absolute Gasteiger partial charge is 0.0491 e. The van der Waals surface area contributed by atoms with Gasteiger partial charge < -0.3 is 10.1 Å². The van der Waals surface area contributed by atoms with Crippen LogP contribution in [-0.2, 0) is 4.74 Å². The van der Waals surface area contributed by atoms with Crippen molar-refractivity contribution >= 4 is 0 Å². The van der Waals surface area contributed by atoms with Gasteiger partial charge >= 0.3 is 0 Å². The molecule has 2 aliphatic rings. The van der Waals surface area contributed by atoms with Crippen molar-refractivity contribution in [2.75, 3.05) is 39.9 Å². The molecular weight excluding hydrogens is 200 g/mol. The lowest BCUT2D eigenvalue weighted by Crippen LogP contribution is -2.52. The summed E-state index contributed by atoms with van der Waals surface area (Å²) >= 11 is 0. The van der Waals surface area contributed by atoms with Gasteiger partial charge in [-0.15, -0.1) is 0 Å². The number of nitrogens with zero attached hydrogens (tertiary/aromatic N) is 1. The molecular formula is C13H26N2O. The normalized spacial score (nSPS) is 34.1. The summed E-state index contributed by atoms with van der Waals surface area (Å²) in [6, 6.07) is 0.775. The molecule has 2 rings (SSSR count). The van der Waals surface area contributed by atoms with E-state index in [0.717, 1.165) is 24.5 Å². The lowest BCUT2D eigenvalue weighted by atomic mass is 9.90. The van der Waals surface area contributed by atoms with Crippen LogP contribution in [-0.4, -0.2) is 50.8 Å². The molecule has 0 amide bonds. The molecule has 0 aliphatic carbocycles. The van der Waals surface area contributed by atoms with Crippen LogP contribution in [0.1, 0.15) is 26.2 Å². The quantitative estimate of drug-likeness (QED) is 0.786. The Morgan fingerprint density at radius 3 is 2.62 bits per heavy atom. The van der Waals surface area contributed by atoms with Crippen molar-refractivity contribution < 1.29 is 4.74 Å². The molecule has 2 unspecified atom stereocenters. The molecule has 2 heterocycles. The molecule has 3 heteroatoms. The molecule has 0 aromatic carbocycles. The summed E-state index contributed by atoms with van der Waals surface area (Å²) in [5.41, 5.74) is 0. The maximum absolute atomic E-state index is 5.25. The summed E-state index contributed by atoms with van der Waals surface area (Å²) in [4.78, 5) is 2.70. The maximum Gasteiger partial charge on any atom is 0.0491 e. The number of nitrogens with one attached hydrogen (secondary N) is 1. The van der Waals surface area contributed by atoms with Crippen molar-refractivity contribution in [1.82, 2.24) is 10.2 Å². The van der Waals surface area contributed by atoms with Crippen LogP contribution < -0.4 is 5.32 Å². The minimum Gasteiger partial charge on any atom is -0.384 e. The summed E-state index contributed by atoms with van der Waals surface area (Å²) < 4.78 is 5.25. The molecule has 16 heavy (non-hydrogen) atoms. The standard InChI is InChI=1S/C13H26N2O/c1-11-3-6-14-9-13(11)15-7-4-12(5-8-15)10-16-2/h11-14H,3-10H2,1-2H3. The van der Waals surface area contributed by atoms with Crippen LogP contribution in [0.5, 0.6) is 0 Å². The Bertz CT molecular complexity index is 202. The highest BCUT2D eigenvalue weighted by atomic mass is 16.5. The second-order valence-corrected chi connectivity index (χ2v) is 5.47. The number of rotatable bonds is 3. The minimum atomic E-state index is 0.775. The molecule has 2 atom stereocenters. The Hall–Kier alpha value is -0.120. The third-order valence-electron chi connectivity index (χ3n) is 4.31. The molecule has 0 saturated carbocycles. The van der Waals surface area contributed by atoms with Crippen LogP contribution in [0.3, 0.4) is 0 Å². The molecule has 0 aromatic rings. The van der Waals surface area contributed by atoms with Gasteiger partial charge in [0.15, 0.2) is 0 Å². The molecule has 0 spiro atoms. The van der Waals surface area contributed by atoms with E-state index < -0.39 is 0 Å². The summed E-state index contributed by atoms with van der Waals surface area (Å²) in [6.07, 6.45) is 3.97. The molecule has 1 N–H and O–H groups in total. The van der Waals surface area contributed by atoms with Gasteiger partial charge in [-0.2, -0.15) is 0 Å². The number of hydrogen-bond acceptors (Lipinski definition) is 3. The third kappa shape index (κ3) is 2.96. The van der Waals surface area contributed by atoms with Gasteiger partial charge in [-0.3, -0.25) is 4.90 Å². The van der Waals surface area contributed by atoms with Crippen molar-refractivity contribution in [2.45, 2.75) is 32.2 Å². The van der Waals surface area contributed by atoms with Crippen LogP contribution in [0.2, 0.25) is 0 Å². The van der Waals surface area contributed by atoms with Crippen LogP contribution in [0.4, 0.5) is 0 Å². The van der Waals surface area contributed by atoms with Crippen molar-refractivity contribution in [3.05, 3.63) is 0 Å². The number of methoxy groups -OCH3 is 1. The average molecular weight is 226 g/mol. The summed E-state index contributed by atoms with van der Waals surface area (Å²) in [7, 11) is 1.82. The highest BCUT2D eigenvalue weighted by molar-refractivity contribution is 4.86. The van der Waals surface area contributed by atoms with Crippen molar-refractivity contribution in [3.63, 3.8) is 0 Å². The highest BCUT2D eigenvalue weighted by Gasteiger charge is 2.29. The number of likely N-dealkylation sites (tertiary alicyclic amines) is 1. The van der Waals surface area contributed by atoms with E-state index in [2.05, 4.69) is 17.1 Å². The number of hydrogen-bond donors (Lipinski definition) is 1. The zero-order valence-electron chi connectivity index (χ0n) is 10.7. The fraction of sp³-hybridized carbons (Fsp3) is 1.00. The van der Waals surface area contributed by atoms with Crippen LogP contribution in [0, 0.1) is 11.8 Å². The van der Waals surface area contributed by atoms with Gasteiger partial charge in [-0.05, 0) is 50.7 Å². The SMILES string of the molecule is COCC1CCN(C2CNCCC2C)CC1. The lowest BCUT2D eigenvalue weighted by Gasteiger charge is -2.42. The first kappa shape index (κ1) is 12.3. The van der Waals surface area contributed by atoms with E-state index >= 15 is 0 Å². The molecule has 2 saturated heterocycles. The van der Waals surface area contributed by atoms with Crippen molar-refractivity contribution in [1.29, 1.82) is 0 Å². The average Bonchev–Trinajstić information content (AvgIpc) is 2.31. The predicted molar refractivity (Wildman–Crippen MR) is 66.6 cm³/mol. The highest BCUT2D eigenvalue weighted by Crippen LogP contribution is 2.24. The number of ether oxygens (including phenoxy) is 1. The fourth-order valence-corrected chi connectivity index (χ4v) is 3.15. The molecule has 0 radical (unpaired) electrons. The zero-order chi connectivity index (χ0) is 11.4. The Kier molecular flexibility index (Phi) is 4.62. The monoisotopic (exact) mass is 226 g/mol. The second-order valence-electron chi connectivity index (χ2n) is 5.47. The summed E-state index contributed by atoms with van der Waals surface area (Å²) in [6.45, 7) is 8.29. The Balaban J connectivity index is 1.79. The topological polar surface area (TPSA) is 24.5 Å². The maximum atomic E-state index is 5.25. The summed E-state index contributed by atoms with van der Waals surface area (Å²) in [5.74, 6) is 1.66. The fourth-order valence-electron chi connectivity index (χ4n) is 3.15. The van der Waals surface area contributed by atoms with Gasteiger partial charge in [-0.25, -0.2) is 0 Å². The third-order valence-corrected chi connectivity index (χ3v) is 4.31. The van der Waals surface area contributed by atoms with Gasteiger partial charge in [-0.1, -0.05) is 6.92 Å². The zero-order valence-corrected chi connectivity index (χ0v) is 10.7. The van der Waals surface area contributed by atoms with E-state index in [-0.39, 0.29) is 0 Å². The van der Waals surface area contributed by atoms with Gasteiger partial charge in [0.2, 0.25) is 0 Å². The minimum absolute atomic E-state index is 0.775. The molecule has 0 bridgehead atoms. The largest absolute Gasteiger partial charge is 0.384 e. The van der Waals surface area contributed by atoms with Gasteiger partial charge in [0.25, 0.3) is 0 Å². The first-order valence-corrected chi connectivity index (χ1v) is 6.75. The van der Waals surface area contributed by atoms with Gasteiger partial charge in [0.1, 0.15) is 0 Å². The van der Waals surface area contributed by atoms with Crippen LogP contribution in [0.15, 0.2) is 0 Å². The van der Waals surface area contributed by atoms with Crippen molar-refractivity contribution in [3.8, 4) is 0 Å². The molecule has 94 valence electrons. The van der Waals surface area contributed by atoms with E-state index in [0.29, 0.717) is 0 Å². The van der Waals surface area contributed by atoms with Crippen molar-refractivity contribution in [2.24, 2.45) is 11.8 Å². The summed E-state index contributed by atoms with van der Waals surface area (Å²) in [5, 5.41) is 3.53. The van der Waals surface area contributed by atoms with E-state index in [1.165, 1.54) is 45.4 Å². The van der Waals surface area contributed by atoms with Gasteiger partial charge in [0.05, 0.1) is 0 Å². The lowest BCUT2D eigenvalue weighted by molar-refractivity contribution is 0.0552. The van der Waals surface area contributed by atoms with Crippen LogP contribution >= 0.6 is 0 Å². The Morgan fingerprint density at radius 1 is 1.25 bits per heavy atom. The molecule has 0 aromatic heterocycles. The van der Waals surface area contributed by atoms with E-state index in [1.54, 1.807) is 0 Å². The first-order valence-electron chi connectivity index (χ1n) is 6.75. The van der Waals surface area contributed by atoms with E-state index in [4.69, 9.17) is 4.74 Å². The predicted octanol–water partition coefficient (Wildman–Crippen LogP) is 1.34.